The molecule has 0 radical (unpaired) electrons. The molecule has 0 spiro atoms. The normalized spacial score (nSPS) is 21.2. The third-order valence-corrected chi connectivity index (χ3v) is 10.8. The number of quaternary nitrogens is 1. The van der Waals surface area contributed by atoms with Gasteiger partial charge in [0, 0.05) is 18.8 Å². The molecular weight excluding hydrogens is 773 g/mol. The third-order valence-electron chi connectivity index (χ3n) is 9.81. The van der Waals surface area contributed by atoms with Gasteiger partial charge in [0.1, 0.15) is 19.8 Å². The highest BCUT2D eigenvalue weighted by Gasteiger charge is 2.39. The molecule has 1 aliphatic rings. The molecule has 1 saturated carbocycles. The van der Waals surface area contributed by atoms with Crippen LogP contribution in [0.1, 0.15) is 123 Å². The summed E-state index contributed by atoms with van der Waals surface area (Å²) in [5.41, 5.74) is 0. The first kappa shape index (κ1) is 54.3. The van der Waals surface area contributed by atoms with Gasteiger partial charge in [-0.25, -0.2) is 4.57 Å². The highest BCUT2D eigenvalue weighted by atomic mass is 31.2. The molecule has 0 bridgehead atoms. The summed E-state index contributed by atoms with van der Waals surface area (Å²) in [6.45, 7) is 3.82. The minimum atomic E-state index is -4.47. The van der Waals surface area contributed by atoms with Crippen molar-refractivity contribution in [2.75, 3.05) is 47.5 Å². The number of phosphoric acid groups is 1. The molecular formula is C46H79NO11P+. The number of carbonyl (C=O) groups is 2. The highest BCUT2D eigenvalue weighted by molar-refractivity contribution is 7.47. The Balaban J connectivity index is 2.61. The highest BCUT2D eigenvalue weighted by Crippen LogP contribution is 2.43. The smallest absolute Gasteiger partial charge is 0.461 e. The molecule has 7 atom stereocenters. The fourth-order valence-electron chi connectivity index (χ4n) is 6.27. The quantitative estimate of drug-likeness (QED) is 0.0161. The van der Waals surface area contributed by atoms with E-state index in [0.717, 1.165) is 44.9 Å². The first-order valence-electron chi connectivity index (χ1n) is 21.9. The Morgan fingerprint density at radius 2 is 1.37 bits per heavy atom. The van der Waals surface area contributed by atoms with Crippen molar-refractivity contribution in [3.05, 3.63) is 72.9 Å². The van der Waals surface area contributed by atoms with Gasteiger partial charge in [-0.2, -0.15) is 0 Å². The number of rotatable bonds is 34. The summed E-state index contributed by atoms with van der Waals surface area (Å²) in [5.74, 6) is -1.78. The molecule has 4 N–H and O–H groups in total. The summed E-state index contributed by atoms with van der Waals surface area (Å²) < 4.78 is 34.1. The Bertz CT molecular complexity index is 1350. The lowest BCUT2D eigenvalue weighted by atomic mass is 9.89. The van der Waals surface area contributed by atoms with Crippen LogP contribution in [0.4, 0.5) is 0 Å². The standard InChI is InChI=1S/C46H78NO11P/c1-6-8-10-11-12-13-14-15-16-17-18-19-20-21-22-23-25-31-46(52)58-40(38-57-59(53,54)56-35-34-47(3,4)5)37-55-45(51)30-27-26-29-41-42(44(50)36-43(41)49)33-32-39(48)28-24-9-7-2/h12-13,15-16,18-19,21-22,26-27,32-33,39-44,48-50H,6-11,14,17,20,23-25,28-31,34-38H2,1-5H3/p+1/b13-12-,16-15-,19-18-,22-21-,27-26-,33-32+/t39-,40-,41+,42-,43+,44-/m1/s1. The monoisotopic (exact) mass is 853 g/mol. The van der Waals surface area contributed by atoms with Crippen molar-refractivity contribution in [1.82, 2.24) is 0 Å². The predicted octanol–water partition coefficient (Wildman–Crippen LogP) is 8.62. The minimum absolute atomic E-state index is 0.0323. The molecule has 0 saturated heterocycles. The Hall–Kier alpha value is -2.67. The van der Waals surface area contributed by atoms with Crippen LogP contribution in [0.3, 0.4) is 0 Å². The molecule has 0 aromatic rings. The zero-order valence-corrected chi connectivity index (χ0v) is 37.7. The lowest BCUT2D eigenvalue weighted by molar-refractivity contribution is -0.870. The SMILES string of the molecule is CCCCC/C=C\C/C=C\C/C=C\C/C=C\CCCC(=O)O[C@H](COC(=O)C/C=C\C[C@H]1[C@@H](/C=C/[C@H](O)CCCCC)[C@H](O)C[C@@H]1O)COP(=O)(O)OCC[N+](C)(C)C. The number of carbonyl (C=O) groups excluding carboxylic acids is 2. The molecule has 0 aromatic heterocycles. The molecule has 1 rings (SSSR count). The lowest BCUT2D eigenvalue weighted by Gasteiger charge is -2.24. The zero-order chi connectivity index (χ0) is 43.8. The van der Waals surface area contributed by atoms with Gasteiger partial charge in [-0.05, 0) is 63.7 Å². The van der Waals surface area contributed by atoms with Crippen LogP contribution in [0, 0.1) is 11.8 Å². The number of unbranched alkanes of at least 4 members (excludes halogenated alkanes) is 6. The number of ether oxygens (including phenoxy) is 2. The van der Waals surface area contributed by atoms with Crippen LogP contribution in [0.25, 0.3) is 0 Å². The number of allylic oxidation sites excluding steroid dienone is 9. The van der Waals surface area contributed by atoms with Gasteiger partial charge in [-0.3, -0.25) is 18.6 Å². The second-order valence-electron chi connectivity index (χ2n) is 16.4. The minimum Gasteiger partial charge on any atom is -0.461 e. The van der Waals surface area contributed by atoms with Gasteiger partial charge in [0.15, 0.2) is 6.10 Å². The first-order chi connectivity index (χ1) is 28.2. The molecule has 0 heterocycles. The third kappa shape index (κ3) is 30.1. The van der Waals surface area contributed by atoms with Crippen molar-refractivity contribution in [3.63, 3.8) is 0 Å². The van der Waals surface area contributed by atoms with Crippen molar-refractivity contribution in [3.8, 4) is 0 Å². The van der Waals surface area contributed by atoms with Gasteiger partial charge in [0.25, 0.3) is 0 Å². The number of nitrogens with zero attached hydrogens (tertiary/aromatic N) is 1. The maximum Gasteiger partial charge on any atom is 0.472 e. The van der Waals surface area contributed by atoms with E-state index in [1.54, 1.807) is 24.3 Å². The zero-order valence-electron chi connectivity index (χ0n) is 36.8. The van der Waals surface area contributed by atoms with Gasteiger partial charge >= 0.3 is 19.8 Å². The average Bonchev–Trinajstić information content (AvgIpc) is 3.44. The second kappa shape index (κ2) is 33.0. The van der Waals surface area contributed by atoms with Crippen LogP contribution in [0.5, 0.6) is 0 Å². The fourth-order valence-corrected chi connectivity index (χ4v) is 7.01. The van der Waals surface area contributed by atoms with Gasteiger partial charge in [0.2, 0.25) is 0 Å². The number of aliphatic hydroxyl groups excluding tert-OH is 3. The topological polar surface area (TPSA) is 169 Å². The number of aliphatic hydroxyl groups is 3. The average molecular weight is 853 g/mol. The predicted molar refractivity (Wildman–Crippen MR) is 235 cm³/mol. The molecule has 338 valence electrons. The van der Waals surface area contributed by atoms with Crippen LogP contribution in [0.2, 0.25) is 0 Å². The molecule has 13 heteroatoms. The maximum absolute atomic E-state index is 12.7. The van der Waals surface area contributed by atoms with Crippen LogP contribution >= 0.6 is 7.82 Å². The molecule has 0 aliphatic heterocycles. The maximum atomic E-state index is 12.7. The van der Waals surface area contributed by atoms with Gasteiger partial charge in [-0.15, -0.1) is 0 Å². The van der Waals surface area contributed by atoms with E-state index >= 15 is 0 Å². The molecule has 1 fully saturated rings. The second-order valence-corrected chi connectivity index (χ2v) is 17.8. The van der Waals surface area contributed by atoms with Crippen molar-refractivity contribution < 1.29 is 57.4 Å². The Labute approximate surface area is 355 Å². The summed E-state index contributed by atoms with van der Waals surface area (Å²) in [6.07, 6.45) is 33.8. The Morgan fingerprint density at radius 3 is 2.00 bits per heavy atom. The summed E-state index contributed by atoms with van der Waals surface area (Å²) in [7, 11) is 1.26. The van der Waals surface area contributed by atoms with Gasteiger partial charge in [-0.1, -0.05) is 119 Å². The Morgan fingerprint density at radius 1 is 0.763 bits per heavy atom. The van der Waals surface area contributed by atoms with Crippen LogP contribution in [0.15, 0.2) is 72.9 Å². The van der Waals surface area contributed by atoms with E-state index in [9.17, 15) is 34.4 Å². The van der Waals surface area contributed by atoms with Gasteiger partial charge < -0.3 is 34.2 Å². The largest absolute Gasteiger partial charge is 0.472 e. The summed E-state index contributed by atoms with van der Waals surface area (Å²) in [4.78, 5) is 35.6. The summed E-state index contributed by atoms with van der Waals surface area (Å²) in [5, 5.41) is 31.4. The van der Waals surface area contributed by atoms with Crippen LogP contribution in [-0.2, 0) is 32.7 Å². The van der Waals surface area contributed by atoms with E-state index in [1.165, 1.54) is 19.3 Å². The van der Waals surface area contributed by atoms with Gasteiger partial charge in [0.05, 0.1) is 52.5 Å². The first-order valence-corrected chi connectivity index (χ1v) is 23.4. The molecule has 1 unspecified atom stereocenters. The van der Waals surface area contributed by atoms with E-state index in [-0.39, 0.29) is 37.7 Å². The van der Waals surface area contributed by atoms with E-state index < -0.39 is 57.4 Å². The van der Waals surface area contributed by atoms with E-state index in [1.807, 2.05) is 33.3 Å². The van der Waals surface area contributed by atoms with Crippen molar-refractivity contribution in [1.29, 1.82) is 0 Å². The van der Waals surface area contributed by atoms with Crippen molar-refractivity contribution in [2.45, 2.75) is 147 Å². The number of esters is 2. The van der Waals surface area contributed by atoms with E-state index in [2.05, 4.69) is 50.3 Å². The van der Waals surface area contributed by atoms with E-state index in [0.29, 0.717) is 36.7 Å². The number of hydrogen-bond acceptors (Lipinski definition) is 10. The van der Waals surface area contributed by atoms with Crippen LogP contribution < -0.4 is 0 Å². The number of likely N-dealkylation sites (N-methyl/N-ethyl adjacent to an activating group) is 1. The van der Waals surface area contributed by atoms with E-state index in [4.69, 9.17) is 18.5 Å². The molecule has 0 amide bonds. The summed E-state index contributed by atoms with van der Waals surface area (Å²) >= 11 is 0. The number of phosphoric ester groups is 1. The fraction of sp³-hybridized carbons (Fsp3) is 0.696. The molecule has 59 heavy (non-hydrogen) atoms. The lowest BCUT2D eigenvalue weighted by Crippen LogP contribution is -2.37. The summed E-state index contributed by atoms with van der Waals surface area (Å²) in [6, 6.07) is 0. The van der Waals surface area contributed by atoms with Crippen molar-refractivity contribution in [2.24, 2.45) is 11.8 Å². The Kier molecular flexibility index (Phi) is 30.4. The number of hydrogen-bond donors (Lipinski definition) is 4. The van der Waals surface area contributed by atoms with Crippen LogP contribution in [-0.4, -0.2) is 109 Å². The van der Waals surface area contributed by atoms with Crippen molar-refractivity contribution >= 4 is 19.8 Å². The molecule has 1 aliphatic carbocycles. The molecule has 0 aromatic carbocycles. The molecule has 12 nitrogen and oxygen atoms in total.